The summed E-state index contributed by atoms with van der Waals surface area (Å²) in [7, 11) is 3.28. The minimum Gasteiger partial charge on any atom is -0.346 e. The lowest BCUT2D eigenvalue weighted by Crippen LogP contribution is -1.84. The molecule has 0 aromatic rings. The van der Waals surface area contributed by atoms with E-state index < -0.39 is 0 Å². The van der Waals surface area contributed by atoms with Gasteiger partial charge in [0.1, 0.15) is 0 Å². The summed E-state index contributed by atoms with van der Waals surface area (Å²) in [5.41, 5.74) is 1.01. The molecule has 0 spiro atoms. The molecule has 0 radical (unpaired) electrons. The third kappa shape index (κ3) is 0.796. The molecule has 0 aliphatic carbocycles. The SMILES string of the molecule is P=C1CCCO1. The normalized spacial score (nSPS) is 22.3. The molecule has 0 unspecified atom stereocenters. The smallest absolute Gasteiger partial charge is 0.0714 e. The van der Waals surface area contributed by atoms with E-state index in [1.807, 2.05) is 0 Å². The van der Waals surface area contributed by atoms with Crippen LogP contribution in [-0.4, -0.2) is 12.1 Å². The van der Waals surface area contributed by atoms with Crippen LogP contribution in [0.3, 0.4) is 0 Å². The van der Waals surface area contributed by atoms with Crippen molar-refractivity contribution in [1.82, 2.24) is 0 Å². The number of rotatable bonds is 0. The Hall–Kier alpha value is 0.130. The van der Waals surface area contributed by atoms with Gasteiger partial charge in [0.2, 0.25) is 0 Å². The van der Waals surface area contributed by atoms with E-state index in [-0.39, 0.29) is 0 Å². The van der Waals surface area contributed by atoms with Crippen molar-refractivity contribution in [2.45, 2.75) is 12.8 Å². The molecule has 6 heavy (non-hydrogen) atoms. The summed E-state index contributed by atoms with van der Waals surface area (Å²) in [5.74, 6) is 0. The lowest BCUT2D eigenvalue weighted by molar-refractivity contribution is 0.351. The van der Waals surface area contributed by atoms with Gasteiger partial charge in [-0.05, 0) is 12.8 Å². The van der Waals surface area contributed by atoms with Crippen LogP contribution >= 0.6 is 8.86 Å². The molecule has 1 aliphatic rings. The first-order valence-corrected chi connectivity index (χ1v) is 2.60. The Labute approximate surface area is 39.5 Å². The Balaban J connectivity index is 2.37. The summed E-state index contributed by atoms with van der Waals surface area (Å²) >= 11 is 0. The van der Waals surface area contributed by atoms with E-state index in [9.17, 15) is 0 Å². The molecule has 0 N–H and O–H groups in total. The van der Waals surface area contributed by atoms with Crippen molar-refractivity contribution in [3.05, 3.63) is 0 Å². The van der Waals surface area contributed by atoms with Crippen molar-refractivity contribution in [2.24, 2.45) is 0 Å². The summed E-state index contributed by atoms with van der Waals surface area (Å²) in [4.78, 5) is 0. The van der Waals surface area contributed by atoms with Crippen molar-refractivity contribution in [3.63, 3.8) is 0 Å². The van der Waals surface area contributed by atoms with Gasteiger partial charge in [0.15, 0.2) is 0 Å². The molecule has 34 valence electrons. The van der Waals surface area contributed by atoms with Crippen LogP contribution in [0.4, 0.5) is 0 Å². The van der Waals surface area contributed by atoms with E-state index in [1.54, 1.807) is 0 Å². The fraction of sp³-hybridized carbons (Fsp3) is 0.750. The van der Waals surface area contributed by atoms with E-state index >= 15 is 0 Å². The second-order valence-corrected chi connectivity index (χ2v) is 1.93. The van der Waals surface area contributed by atoms with Gasteiger partial charge in [0.25, 0.3) is 0 Å². The fourth-order valence-electron chi connectivity index (χ4n) is 0.500. The quantitative estimate of drug-likeness (QED) is 0.416. The monoisotopic (exact) mass is 102 g/mol. The summed E-state index contributed by atoms with van der Waals surface area (Å²) < 4.78 is 4.98. The van der Waals surface area contributed by atoms with Gasteiger partial charge in [-0.2, -0.15) is 0 Å². The lowest BCUT2D eigenvalue weighted by Gasteiger charge is -1.82. The zero-order valence-electron chi connectivity index (χ0n) is 3.53. The highest BCUT2D eigenvalue weighted by Gasteiger charge is 2.02. The van der Waals surface area contributed by atoms with Crippen LogP contribution < -0.4 is 0 Å². The Morgan fingerprint density at radius 2 is 2.50 bits per heavy atom. The molecule has 0 saturated carbocycles. The van der Waals surface area contributed by atoms with Crippen molar-refractivity contribution in [3.8, 4) is 0 Å². The summed E-state index contributed by atoms with van der Waals surface area (Å²) in [6.45, 7) is 0.902. The molecule has 0 atom stereocenters. The van der Waals surface area contributed by atoms with E-state index in [1.165, 1.54) is 6.42 Å². The van der Waals surface area contributed by atoms with Crippen molar-refractivity contribution < 1.29 is 4.74 Å². The maximum Gasteiger partial charge on any atom is 0.0714 e. The predicted molar refractivity (Wildman–Crippen MR) is 28.5 cm³/mol. The van der Waals surface area contributed by atoms with Crippen LogP contribution in [0.25, 0.3) is 0 Å². The van der Waals surface area contributed by atoms with Gasteiger partial charge in [-0.15, -0.1) is 0 Å². The van der Waals surface area contributed by atoms with Gasteiger partial charge in [-0.25, -0.2) is 0 Å². The Morgan fingerprint density at radius 3 is 2.67 bits per heavy atom. The molecule has 0 amide bonds. The maximum atomic E-state index is 4.98. The first-order valence-electron chi connectivity index (χ1n) is 2.10. The first kappa shape index (κ1) is 4.29. The molecule has 1 heterocycles. The number of hydrogen-bond donors (Lipinski definition) is 0. The standard InChI is InChI=1S/C4H7OP/c6-4-2-1-3-5-4/h6H,1-3H2. The third-order valence-electron chi connectivity index (χ3n) is 0.824. The van der Waals surface area contributed by atoms with Gasteiger partial charge in [0, 0.05) is 0 Å². The highest BCUT2D eigenvalue weighted by atomic mass is 31.0. The summed E-state index contributed by atoms with van der Waals surface area (Å²) in [6, 6.07) is 0. The maximum absolute atomic E-state index is 4.98. The summed E-state index contributed by atoms with van der Waals surface area (Å²) in [5, 5.41) is 0. The molecule has 1 fully saturated rings. The molecule has 0 bridgehead atoms. The topological polar surface area (TPSA) is 9.23 Å². The minimum absolute atomic E-state index is 0.902. The number of ether oxygens (including phenoxy) is 1. The van der Waals surface area contributed by atoms with Gasteiger partial charge in [-0.1, -0.05) is 8.86 Å². The van der Waals surface area contributed by atoms with E-state index in [0.29, 0.717) is 0 Å². The Kier molecular flexibility index (Phi) is 1.23. The molecule has 1 rings (SSSR count). The minimum atomic E-state index is 0.902. The van der Waals surface area contributed by atoms with E-state index in [2.05, 4.69) is 8.86 Å². The molecular formula is C4H7OP. The third-order valence-corrected chi connectivity index (χ3v) is 1.22. The molecule has 1 nitrogen and oxygen atoms in total. The first-order chi connectivity index (χ1) is 2.89. The second-order valence-electron chi connectivity index (χ2n) is 1.38. The Morgan fingerprint density at radius 1 is 1.67 bits per heavy atom. The average molecular weight is 102 g/mol. The zero-order valence-corrected chi connectivity index (χ0v) is 4.53. The molecular weight excluding hydrogens is 95.0 g/mol. The molecule has 2 heteroatoms. The van der Waals surface area contributed by atoms with Crippen molar-refractivity contribution in [1.29, 1.82) is 0 Å². The van der Waals surface area contributed by atoms with Gasteiger partial charge >= 0.3 is 0 Å². The van der Waals surface area contributed by atoms with Gasteiger partial charge < -0.3 is 4.74 Å². The van der Waals surface area contributed by atoms with E-state index in [0.717, 1.165) is 18.5 Å². The fourth-order valence-corrected chi connectivity index (χ4v) is 0.779. The largest absolute Gasteiger partial charge is 0.346 e. The van der Waals surface area contributed by atoms with Crippen LogP contribution in [0, 0.1) is 0 Å². The number of hydrogen-bond acceptors (Lipinski definition) is 1. The molecule has 0 aromatic carbocycles. The van der Waals surface area contributed by atoms with Gasteiger partial charge in [0.05, 0.1) is 12.1 Å². The predicted octanol–water partition coefficient (Wildman–Crippen LogP) is 1.07. The summed E-state index contributed by atoms with van der Waals surface area (Å²) in [6.07, 6.45) is 2.27. The lowest BCUT2D eigenvalue weighted by atomic mass is 10.4. The average Bonchev–Trinajstić information content (AvgIpc) is 1.86. The van der Waals surface area contributed by atoms with Crippen molar-refractivity contribution in [2.75, 3.05) is 6.61 Å². The molecule has 1 aliphatic heterocycles. The van der Waals surface area contributed by atoms with Crippen LogP contribution in [0.1, 0.15) is 12.8 Å². The molecule has 0 aromatic heterocycles. The second kappa shape index (κ2) is 1.72. The van der Waals surface area contributed by atoms with Crippen molar-refractivity contribution >= 4 is 14.3 Å². The molecule has 1 saturated heterocycles. The van der Waals surface area contributed by atoms with Crippen LogP contribution in [0.2, 0.25) is 0 Å². The Bertz CT molecular complexity index is 61.9. The van der Waals surface area contributed by atoms with E-state index in [4.69, 9.17) is 4.74 Å². The highest BCUT2D eigenvalue weighted by molar-refractivity contribution is 7.20. The zero-order chi connectivity index (χ0) is 4.41. The van der Waals surface area contributed by atoms with Crippen LogP contribution in [0.5, 0.6) is 0 Å². The van der Waals surface area contributed by atoms with Crippen LogP contribution in [0.15, 0.2) is 0 Å². The highest BCUT2D eigenvalue weighted by Crippen LogP contribution is 2.05. The van der Waals surface area contributed by atoms with Gasteiger partial charge in [-0.3, -0.25) is 0 Å². The van der Waals surface area contributed by atoms with Crippen LogP contribution in [-0.2, 0) is 4.74 Å².